The van der Waals surface area contributed by atoms with E-state index in [1.165, 1.54) is 38.0 Å². The molecule has 2 heteroatoms. The van der Waals surface area contributed by atoms with Crippen LogP contribution in [0.3, 0.4) is 0 Å². The lowest BCUT2D eigenvalue weighted by Gasteiger charge is -2.10. The molecule has 14 heavy (non-hydrogen) atoms. The van der Waals surface area contributed by atoms with Gasteiger partial charge in [0.05, 0.1) is 10.4 Å². The first-order valence-electron chi connectivity index (χ1n) is 4.86. The van der Waals surface area contributed by atoms with E-state index in [1.807, 2.05) is 0 Å². The Morgan fingerprint density at radius 2 is 1.36 bits per heavy atom. The molecule has 2 rings (SSSR count). The van der Waals surface area contributed by atoms with E-state index in [9.17, 15) is 0 Å². The zero-order chi connectivity index (χ0) is 10.5. The molecule has 0 N–H and O–H groups in total. The van der Waals surface area contributed by atoms with E-state index in [1.54, 1.807) is 11.5 Å². The molecule has 1 aromatic carbocycles. The van der Waals surface area contributed by atoms with Crippen molar-refractivity contribution < 1.29 is 0 Å². The SMILES string of the molecule is Cc1c(C)c(C)c2c(C)nsc2c1C. The molecular formula is C12H15NS. The zero-order valence-corrected chi connectivity index (χ0v) is 10.2. The Balaban J connectivity index is 3.05. The summed E-state index contributed by atoms with van der Waals surface area (Å²) in [5, 5.41) is 1.37. The minimum atomic E-state index is 1.17. The average Bonchev–Trinajstić information content (AvgIpc) is 2.54. The van der Waals surface area contributed by atoms with E-state index in [-0.39, 0.29) is 0 Å². The van der Waals surface area contributed by atoms with Crippen molar-refractivity contribution in [3.05, 3.63) is 27.9 Å². The van der Waals surface area contributed by atoms with Crippen molar-refractivity contribution in [2.75, 3.05) is 0 Å². The molecule has 1 heterocycles. The quantitative estimate of drug-likeness (QED) is 0.637. The molecule has 0 aliphatic heterocycles. The number of aromatic nitrogens is 1. The van der Waals surface area contributed by atoms with Crippen LogP contribution in [-0.4, -0.2) is 4.37 Å². The van der Waals surface area contributed by atoms with Gasteiger partial charge in [0.25, 0.3) is 0 Å². The van der Waals surface area contributed by atoms with Gasteiger partial charge in [-0.1, -0.05) is 0 Å². The number of hydrogen-bond acceptors (Lipinski definition) is 2. The monoisotopic (exact) mass is 205 g/mol. The summed E-state index contributed by atoms with van der Waals surface area (Å²) in [6.07, 6.45) is 0. The fraction of sp³-hybridized carbons (Fsp3) is 0.417. The Morgan fingerprint density at radius 1 is 0.786 bits per heavy atom. The molecule has 0 saturated carbocycles. The number of benzene rings is 1. The second-order valence-corrected chi connectivity index (χ2v) is 4.75. The summed E-state index contributed by atoms with van der Waals surface area (Å²) in [7, 11) is 0. The molecule has 1 aromatic heterocycles. The molecule has 74 valence electrons. The van der Waals surface area contributed by atoms with Crippen molar-refractivity contribution in [1.82, 2.24) is 4.37 Å². The summed E-state index contributed by atoms with van der Waals surface area (Å²) < 4.78 is 5.81. The van der Waals surface area contributed by atoms with E-state index >= 15 is 0 Å². The van der Waals surface area contributed by atoms with Gasteiger partial charge in [0, 0.05) is 5.39 Å². The summed E-state index contributed by atoms with van der Waals surface area (Å²) in [5.74, 6) is 0. The molecule has 0 fully saturated rings. The van der Waals surface area contributed by atoms with E-state index in [2.05, 4.69) is 39.0 Å². The van der Waals surface area contributed by atoms with Gasteiger partial charge < -0.3 is 0 Å². The maximum atomic E-state index is 4.44. The minimum Gasteiger partial charge on any atom is -0.197 e. The van der Waals surface area contributed by atoms with Crippen LogP contribution in [0.4, 0.5) is 0 Å². The molecule has 1 nitrogen and oxygen atoms in total. The molecule has 0 radical (unpaired) electrons. The topological polar surface area (TPSA) is 12.9 Å². The van der Waals surface area contributed by atoms with Gasteiger partial charge in [0.2, 0.25) is 0 Å². The van der Waals surface area contributed by atoms with Gasteiger partial charge in [-0.15, -0.1) is 0 Å². The fourth-order valence-corrected chi connectivity index (χ4v) is 2.99. The van der Waals surface area contributed by atoms with Crippen molar-refractivity contribution >= 4 is 21.6 Å². The van der Waals surface area contributed by atoms with Gasteiger partial charge in [-0.05, 0) is 68.4 Å². The van der Waals surface area contributed by atoms with Crippen molar-refractivity contribution in [3.63, 3.8) is 0 Å². The molecule has 0 spiro atoms. The van der Waals surface area contributed by atoms with Crippen LogP contribution >= 0.6 is 11.5 Å². The zero-order valence-electron chi connectivity index (χ0n) is 9.36. The Kier molecular flexibility index (Phi) is 2.11. The van der Waals surface area contributed by atoms with Crippen LogP contribution in [0.1, 0.15) is 27.9 Å². The van der Waals surface area contributed by atoms with Crippen LogP contribution in [-0.2, 0) is 0 Å². The lowest BCUT2D eigenvalue weighted by Crippen LogP contribution is -1.92. The fourth-order valence-electron chi connectivity index (χ4n) is 1.99. The summed E-state index contributed by atoms with van der Waals surface area (Å²) in [6.45, 7) is 10.9. The molecule has 0 atom stereocenters. The molecule has 0 bridgehead atoms. The molecule has 0 amide bonds. The van der Waals surface area contributed by atoms with Crippen molar-refractivity contribution in [2.45, 2.75) is 34.6 Å². The van der Waals surface area contributed by atoms with Crippen LogP contribution in [0.15, 0.2) is 0 Å². The lowest BCUT2D eigenvalue weighted by atomic mass is 9.95. The molecule has 0 unspecified atom stereocenters. The second-order valence-electron chi connectivity index (χ2n) is 3.97. The molecule has 2 aromatic rings. The largest absolute Gasteiger partial charge is 0.197 e. The summed E-state index contributed by atoms with van der Waals surface area (Å²) in [4.78, 5) is 0. The van der Waals surface area contributed by atoms with E-state index in [0.29, 0.717) is 0 Å². The first kappa shape index (κ1) is 9.66. The van der Waals surface area contributed by atoms with Crippen LogP contribution in [0.5, 0.6) is 0 Å². The normalized spacial score (nSPS) is 11.2. The number of aryl methyl sites for hydroxylation is 3. The lowest BCUT2D eigenvalue weighted by molar-refractivity contribution is 1.25. The van der Waals surface area contributed by atoms with Gasteiger partial charge in [-0.25, -0.2) is 0 Å². The Bertz CT molecular complexity index is 509. The van der Waals surface area contributed by atoms with Crippen molar-refractivity contribution in [3.8, 4) is 0 Å². The highest BCUT2D eigenvalue weighted by Gasteiger charge is 2.12. The average molecular weight is 205 g/mol. The van der Waals surface area contributed by atoms with Gasteiger partial charge in [-0.2, -0.15) is 4.37 Å². The second kappa shape index (κ2) is 3.06. The molecule has 0 aliphatic carbocycles. The number of fused-ring (bicyclic) bond motifs is 1. The van der Waals surface area contributed by atoms with Gasteiger partial charge in [0.1, 0.15) is 0 Å². The van der Waals surface area contributed by atoms with Crippen molar-refractivity contribution in [1.29, 1.82) is 0 Å². The summed E-state index contributed by atoms with van der Waals surface area (Å²) >= 11 is 1.63. The third-order valence-corrected chi connectivity index (χ3v) is 4.32. The minimum absolute atomic E-state index is 1.17. The highest BCUT2D eigenvalue weighted by molar-refractivity contribution is 7.13. The smallest absolute Gasteiger partial charge is 0.0592 e. The molecular weight excluding hydrogens is 190 g/mol. The summed E-state index contributed by atoms with van der Waals surface area (Å²) in [6, 6.07) is 0. The van der Waals surface area contributed by atoms with Gasteiger partial charge in [0.15, 0.2) is 0 Å². The molecule has 0 aliphatic rings. The highest BCUT2D eigenvalue weighted by atomic mass is 32.1. The van der Waals surface area contributed by atoms with Crippen LogP contribution in [0.25, 0.3) is 10.1 Å². The predicted octanol–water partition coefficient (Wildman–Crippen LogP) is 3.84. The standard InChI is InChI=1S/C12H15NS/c1-6-7(2)9(4)12-11(8(6)3)10(5)13-14-12/h1-5H3. The van der Waals surface area contributed by atoms with E-state index in [4.69, 9.17) is 0 Å². The van der Waals surface area contributed by atoms with Gasteiger partial charge in [-0.3, -0.25) is 0 Å². The number of hydrogen-bond donors (Lipinski definition) is 0. The number of nitrogens with zero attached hydrogens (tertiary/aromatic N) is 1. The van der Waals surface area contributed by atoms with Crippen LogP contribution < -0.4 is 0 Å². The van der Waals surface area contributed by atoms with E-state index < -0.39 is 0 Å². The third-order valence-electron chi connectivity index (χ3n) is 3.27. The van der Waals surface area contributed by atoms with Crippen LogP contribution in [0, 0.1) is 34.6 Å². The number of rotatable bonds is 0. The Labute approximate surface area is 88.9 Å². The maximum Gasteiger partial charge on any atom is 0.0592 e. The van der Waals surface area contributed by atoms with E-state index in [0.717, 1.165) is 0 Å². The highest BCUT2D eigenvalue weighted by Crippen LogP contribution is 2.33. The predicted molar refractivity (Wildman–Crippen MR) is 63.3 cm³/mol. The van der Waals surface area contributed by atoms with Crippen molar-refractivity contribution in [2.24, 2.45) is 0 Å². The first-order chi connectivity index (χ1) is 6.54. The Morgan fingerprint density at radius 3 is 2.00 bits per heavy atom. The maximum absolute atomic E-state index is 4.44. The van der Waals surface area contributed by atoms with Crippen LogP contribution in [0.2, 0.25) is 0 Å². The molecule has 0 saturated heterocycles. The third kappa shape index (κ3) is 1.10. The summed E-state index contributed by atoms with van der Waals surface area (Å²) in [5.41, 5.74) is 6.80. The van der Waals surface area contributed by atoms with Gasteiger partial charge >= 0.3 is 0 Å². The first-order valence-corrected chi connectivity index (χ1v) is 5.63. The Hall–Kier alpha value is -0.890.